The molecular weight excluding hydrogens is 424 g/mol. The Morgan fingerprint density at radius 2 is 1.00 bits per heavy atom. The molecule has 0 unspecified atom stereocenters. The Labute approximate surface area is 200 Å². The first-order valence-corrected chi connectivity index (χ1v) is 13.3. The van der Waals surface area contributed by atoms with E-state index in [1.807, 2.05) is 0 Å². The van der Waals surface area contributed by atoms with Gasteiger partial charge in [0.05, 0.1) is 5.02 Å². The second kappa shape index (κ2) is 17.1. The summed E-state index contributed by atoms with van der Waals surface area (Å²) in [6, 6.07) is 0. The van der Waals surface area contributed by atoms with Crippen LogP contribution in [0.15, 0.2) is 0 Å². The van der Waals surface area contributed by atoms with Gasteiger partial charge in [-0.15, -0.1) is 0 Å². The van der Waals surface area contributed by atoms with Crippen LogP contribution >= 0.6 is 11.6 Å². The molecular formula is C27H45ClO4. The molecule has 1 rings (SSSR count). The number of phenols is 2. The summed E-state index contributed by atoms with van der Waals surface area (Å²) in [6.45, 7) is 4.43. The number of benzene rings is 1. The smallest absolute Gasteiger partial charge is 0.339 e. The van der Waals surface area contributed by atoms with Crippen molar-refractivity contribution < 1.29 is 20.1 Å². The number of carboxylic acid groups (broad SMARTS) is 1. The van der Waals surface area contributed by atoms with Crippen molar-refractivity contribution in [3.63, 3.8) is 0 Å². The Morgan fingerprint density at radius 3 is 1.41 bits per heavy atom. The SMILES string of the molecule is CCCCCCCCCCc1c(Cl)c(O)c(O)c(C(=O)O)c1CCCCCCCCCC. The van der Waals surface area contributed by atoms with Crippen molar-refractivity contribution in [3.8, 4) is 11.5 Å². The number of aromatic hydroxyl groups is 2. The van der Waals surface area contributed by atoms with Crippen LogP contribution in [-0.2, 0) is 12.8 Å². The third kappa shape index (κ3) is 10.0. The lowest BCUT2D eigenvalue weighted by Gasteiger charge is -2.18. The molecule has 0 radical (unpaired) electrons. The summed E-state index contributed by atoms with van der Waals surface area (Å²) >= 11 is 6.39. The zero-order valence-electron chi connectivity index (χ0n) is 20.4. The summed E-state index contributed by atoms with van der Waals surface area (Å²) in [5.41, 5.74) is 1.13. The summed E-state index contributed by atoms with van der Waals surface area (Å²) in [6.07, 6.45) is 19.9. The molecule has 0 aliphatic carbocycles. The molecule has 0 aliphatic rings. The number of phenolic OH excluding ortho intramolecular Hbond substituents is 1. The Balaban J connectivity index is 2.72. The molecule has 1 aromatic carbocycles. The largest absolute Gasteiger partial charge is 0.504 e. The summed E-state index contributed by atoms with van der Waals surface area (Å²) in [5, 5.41) is 30.3. The van der Waals surface area contributed by atoms with Crippen LogP contribution in [0.3, 0.4) is 0 Å². The van der Waals surface area contributed by atoms with E-state index in [4.69, 9.17) is 11.6 Å². The Hall–Kier alpha value is -1.42. The fraction of sp³-hybridized carbons (Fsp3) is 0.741. The first-order chi connectivity index (χ1) is 15.5. The third-order valence-corrected chi connectivity index (χ3v) is 6.78. The van der Waals surface area contributed by atoms with E-state index in [-0.39, 0.29) is 10.6 Å². The molecule has 5 heteroatoms. The van der Waals surface area contributed by atoms with Gasteiger partial charge in [0.25, 0.3) is 0 Å². The van der Waals surface area contributed by atoms with Crippen molar-refractivity contribution in [1.82, 2.24) is 0 Å². The quantitative estimate of drug-likeness (QED) is 0.140. The summed E-state index contributed by atoms with van der Waals surface area (Å²) in [5.74, 6) is -2.31. The molecule has 0 atom stereocenters. The molecule has 0 saturated heterocycles. The minimum absolute atomic E-state index is 0.116. The van der Waals surface area contributed by atoms with Gasteiger partial charge in [0.15, 0.2) is 11.5 Å². The third-order valence-electron chi connectivity index (χ3n) is 6.37. The van der Waals surface area contributed by atoms with Gasteiger partial charge in [-0.25, -0.2) is 4.79 Å². The number of carbonyl (C=O) groups is 1. The molecule has 0 fully saturated rings. The number of unbranched alkanes of at least 4 members (excludes halogenated alkanes) is 14. The molecule has 1 aromatic rings. The highest BCUT2D eigenvalue weighted by molar-refractivity contribution is 6.33. The van der Waals surface area contributed by atoms with E-state index in [0.717, 1.165) is 38.5 Å². The molecule has 184 valence electrons. The molecule has 0 heterocycles. The fourth-order valence-electron chi connectivity index (χ4n) is 4.43. The lowest BCUT2D eigenvalue weighted by Crippen LogP contribution is -2.08. The first-order valence-electron chi connectivity index (χ1n) is 12.9. The molecule has 0 amide bonds. The number of rotatable bonds is 19. The molecule has 0 spiro atoms. The van der Waals surface area contributed by atoms with Gasteiger partial charge in [-0.1, -0.05) is 115 Å². The maximum Gasteiger partial charge on any atom is 0.339 e. The van der Waals surface area contributed by atoms with E-state index < -0.39 is 17.5 Å². The number of halogens is 1. The van der Waals surface area contributed by atoms with Crippen molar-refractivity contribution in [2.24, 2.45) is 0 Å². The normalized spacial score (nSPS) is 11.2. The highest BCUT2D eigenvalue weighted by Gasteiger charge is 2.26. The average molecular weight is 469 g/mol. The topological polar surface area (TPSA) is 77.8 Å². The van der Waals surface area contributed by atoms with E-state index in [2.05, 4.69) is 13.8 Å². The molecule has 0 saturated carbocycles. The van der Waals surface area contributed by atoms with Gasteiger partial charge in [-0.3, -0.25) is 0 Å². The lowest BCUT2D eigenvalue weighted by molar-refractivity contribution is 0.0691. The summed E-state index contributed by atoms with van der Waals surface area (Å²) in [4.78, 5) is 11.9. The van der Waals surface area contributed by atoms with Crippen LogP contribution in [0.5, 0.6) is 11.5 Å². The molecule has 4 nitrogen and oxygen atoms in total. The van der Waals surface area contributed by atoms with Crippen molar-refractivity contribution >= 4 is 17.6 Å². The highest BCUT2D eigenvalue weighted by atomic mass is 35.5. The van der Waals surface area contributed by atoms with Gasteiger partial charge < -0.3 is 15.3 Å². The summed E-state index contributed by atoms with van der Waals surface area (Å²) in [7, 11) is 0. The zero-order chi connectivity index (χ0) is 23.8. The van der Waals surface area contributed by atoms with Crippen molar-refractivity contribution in [1.29, 1.82) is 0 Å². The number of hydrogen-bond acceptors (Lipinski definition) is 3. The van der Waals surface area contributed by atoms with E-state index in [0.29, 0.717) is 24.0 Å². The van der Waals surface area contributed by atoms with Crippen LogP contribution in [0, 0.1) is 0 Å². The number of hydrogen-bond donors (Lipinski definition) is 3. The lowest BCUT2D eigenvalue weighted by atomic mass is 9.91. The number of carboxylic acids is 1. The van der Waals surface area contributed by atoms with Crippen LogP contribution in [0.25, 0.3) is 0 Å². The van der Waals surface area contributed by atoms with Crippen LogP contribution in [0.1, 0.15) is 138 Å². The van der Waals surface area contributed by atoms with Crippen molar-refractivity contribution in [2.45, 2.75) is 129 Å². The zero-order valence-corrected chi connectivity index (χ0v) is 21.1. The second-order valence-electron chi connectivity index (χ2n) is 9.10. The van der Waals surface area contributed by atoms with E-state index in [9.17, 15) is 20.1 Å². The Kier molecular flexibility index (Phi) is 15.3. The molecule has 0 bridgehead atoms. The maximum absolute atomic E-state index is 11.9. The Bertz CT molecular complexity index is 672. The highest BCUT2D eigenvalue weighted by Crippen LogP contribution is 2.43. The van der Waals surface area contributed by atoms with Gasteiger partial charge in [0.1, 0.15) is 5.56 Å². The standard InChI is InChI=1S/C27H45ClO4/c1-3-5-7-9-11-13-15-17-19-21-22(20-18-16-14-12-10-8-6-4-2)24(28)26(30)25(29)23(21)27(31)32/h29-30H,3-20H2,1-2H3,(H,31,32). The van der Waals surface area contributed by atoms with Crippen LogP contribution in [0.2, 0.25) is 5.02 Å². The van der Waals surface area contributed by atoms with Gasteiger partial charge in [-0.2, -0.15) is 0 Å². The number of aromatic carboxylic acids is 1. The maximum atomic E-state index is 11.9. The van der Waals surface area contributed by atoms with E-state index >= 15 is 0 Å². The average Bonchev–Trinajstić information content (AvgIpc) is 2.77. The predicted molar refractivity (Wildman–Crippen MR) is 134 cm³/mol. The monoisotopic (exact) mass is 468 g/mol. The predicted octanol–water partition coefficient (Wildman–Crippen LogP) is 8.82. The van der Waals surface area contributed by atoms with E-state index in [1.54, 1.807) is 0 Å². The van der Waals surface area contributed by atoms with Gasteiger partial charge in [0.2, 0.25) is 0 Å². The molecule has 0 aromatic heterocycles. The van der Waals surface area contributed by atoms with Gasteiger partial charge >= 0.3 is 5.97 Å². The van der Waals surface area contributed by atoms with Gasteiger partial charge in [-0.05, 0) is 36.8 Å². The molecule has 3 N–H and O–H groups in total. The van der Waals surface area contributed by atoms with Gasteiger partial charge in [0, 0.05) is 0 Å². The second-order valence-corrected chi connectivity index (χ2v) is 9.48. The first kappa shape index (κ1) is 28.6. The minimum atomic E-state index is -1.21. The van der Waals surface area contributed by atoms with Crippen molar-refractivity contribution in [3.05, 3.63) is 21.7 Å². The van der Waals surface area contributed by atoms with Crippen LogP contribution in [0.4, 0.5) is 0 Å². The molecule has 0 aliphatic heterocycles. The minimum Gasteiger partial charge on any atom is -0.504 e. The van der Waals surface area contributed by atoms with E-state index in [1.165, 1.54) is 64.2 Å². The van der Waals surface area contributed by atoms with Crippen molar-refractivity contribution in [2.75, 3.05) is 0 Å². The summed E-state index contributed by atoms with van der Waals surface area (Å²) < 4.78 is 0. The van der Waals surface area contributed by atoms with Crippen LogP contribution in [-0.4, -0.2) is 21.3 Å². The van der Waals surface area contributed by atoms with Crippen LogP contribution < -0.4 is 0 Å². The fourth-order valence-corrected chi connectivity index (χ4v) is 4.73. The molecule has 32 heavy (non-hydrogen) atoms. The Morgan fingerprint density at radius 1 is 0.625 bits per heavy atom.